The summed E-state index contributed by atoms with van der Waals surface area (Å²) in [6.45, 7) is 2.27. The minimum absolute atomic E-state index is 0.298. The Morgan fingerprint density at radius 2 is 1.31 bits per heavy atom. The van der Waals surface area contributed by atoms with Gasteiger partial charge in [-0.15, -0.1) is 0 Å². The first-order valence-electron chi connectivity index (χ1n) is 11.4. The lowest BCUT2D eigenvalue weighted by molar-refractivity contribution is 0.425. The molecule has 0 fully saturated rings. The molecular formula is C25H34BClO2. The van der Waals surface area contributed by atoms with Gasteiger partial charge in [-0.05, 0) is 46.3 Å². The average molecular weight is 413 g/mol. The Balaban J connectivity index is 1.55. The Labute approximate surface area is 181 Å². The summed E-state index contributed by atoms with van der Waals surface area (Å²) >= 11 is 6.30. The van der Waals surface area contributed by atoms with Crippen molar-refractivity contribution in [1.29, 1.82) is 0 Å². The molecule has 0 heterocycles. The molecule has 156 valence electrons. The van der Waals surface area contributed by atoms with Crippen LogP contribution in [0.5, 0.6) is 0 Å². The van der Waals surface area contributed by atoms with Crippen LogP contribution in [0.4, 0.5) is 0 Å². The van der Waals surface area contributed by atoms with E-state index in [1.165, 1.54) is 86.5 Å². The summed E-state index contributed by atoms with van der Waals surface area (Å²) in [6.07, 6.45) is 14.4. The lowest BCUT2D eigenvalue weighted by atomic mass is 9.77. The normalized spacial score (nSPS) is 14.7. The van der Waals surface area contributed by atoms with E-state index in [1.54, 1.807) is 0 Å². The molecule has 4 heteroatoms. The second-order valence-corrected chi connectivity index (χ2v) is 8.91. The van der Waals surface area contributed by atoms with Gasteiger partial charge in [0.05, 0.1) is 0 Å². The lowest BCUT2D eigenvalue weighted by Gasteiger charge is -2.15. The number of hydrogen-bond donors (Lipinski definition) is 2. The Morgan fingerprint density at radius 3 is 1.93 bits per heavy atom. The molecule has 0 saturated carbocycles. The maximum absolute atomic E-state index is 9.60. The topological polar surface area (TPSA) is 40.5 Å². The van der Waals surface area contributed by atoms with Gasteiger partial charge in [-0.25, -0.2) is 0 Å². The van der Waals surface area contributed by atoms with Crippen LogP contribution in [0.3, 0.4) is 0 Å². The molecular weight excluding hydrogens is 379 g/mol. The molecule has 3 rings (SSSR count). The molecule has 0 amide bonds. The van der Waals surface area contributed by atoms with Crippen molar-refractivity contribution in [2.45, 2.75) is 83.5 Å². The summed E-state index contributed by atoms with van der Waals surface area (Å²) in [6, 6.07) is 11.9. The first-order valence-corrected chi connectivity index (χ1v) is 11.8. The van der Waals surface area contributed by atoms with Crippen LogP contribution in [0.1, 0.15) is 94.6 Å². The van der Waals surface area contributed by atoms with Gasteiger partial charge < -0.3 is 10.0 Å². The molecule has 1 atom stereocenters. The minimum atomic E-state index is -1.43. The van der Waals surface area contributed by atoms with E-state index >= 15 is 0 Å². The van der Waals surface area contributed by atoms with Gasteiger partial charge in [-0.2, -0.15) is 0 Å². The molecule has 0 bridgehead atoms. The summed E-state index contributed by atoms with van der Waals surface area (Å²) in [5.74, 6) is 0.298. The van der Waals surface area contributed by atoms with Crippen LogP contribution in [0, 0.1) is 0 Å². The third-order valence-electron chi connectivity index (χ3n) is 6.27. The van der Waals surface area contributed by atoms with Gasteiger partial charge in [0.1, 0.15) is 0 Å². The smallest absolute Gasteiger partial charge is 0.423 e. The molecule has 0 saturated heterocycles. The van der Waals surface area contributed by atoms with Gasteiger partial charge in [0.25, 0.3) is 0 Å². The summed E-state index contributed by atoms with van der Waals surface area (Å²) in [4.78, 5) is 0. The Hall–Kier alpha value is -1.29. The first kappa shape index (κ1) is 22.4. The van der Waals surface area contributed by atoms with Crippen molar-refractivity contribution >= 4 is 24.2 Å². The molecule has 0 aromatic heterocycles. The van der Waals surface area contributed by atoms with Gasteiger partial charge in [0.15, 0.2) is 0 Å². The zero-order valence-corrected chi connectivity index (χ0v) is 18.4. The van der Waals surface area contributed by atoms with Crippen molar-refractivity contribution in [1.82, 2.24) is 0 Å². The van der Waals surface area contributed by atoms with Crippen molar-refractivity contribution in [3.05, 3.63) is 52.5 Å². The predicted molar refractivity (Wildman–Crippen MR) is 125 cm³/mol. The maximum Gasteiger partial charge on any atom is 0.488 e. The summed E-state index contributed by atoms with van der Waals surface area (Å²) < 4.78 is 0. The molecule has 1 aliphatic carbocycles. The fraction of sp³-hybridized carbons (Fsp3) is 0.520. The standard InChI is InChI=1S/C25H34BClO2/c1-2-3-4-5-6-7-8-9-10-11-12-21-24-17-19(26(28)29)13-15-22(24)23-16-14-20(27)18-25(21)23/h13-18,21,28-29H,2-12H2,1H3. The van der Waals surface area contributed by atoms with E-state index in [0.29, 0.717) is 11.4 Å². The van der Waals surface area contributed by atoms with Crippen LogP contribution in [-0.2, 0) is 0 Å². The predicted octanol–water partition coefficient (Wildman–Crippen LogP) is 6.44. The van der Waals surface area contributed by atoms with Crippen molar-refractivity contribution in [2.75, 3.05) is 0 Å². The molecule has 1 aliphatic rings. The molecule has 2 nitrogen and oxygen atoms in total. The van der Waals surface area contributed by atoms with E-state index in [9.17, 15) is 10.0 Å². The number of unbranched alkanes of at least 4 members (excludes halogenated alkanes) is 9. The van der Waals surface area contributed by atoms with E-state index < -0.39 is 7.12 Å². The largest absolute Gasteiger partial charge is 0.488 e. The molecule has 2 aromatic carbocycles. The number of rotatable bonds is 12. The molecule has 0 aliphatic heterocycles. The fourth-order valence-electron chi connectivity index (χ4n) is 4.66. The van der Waals surface area contributed by atoms with E-state index in [4.69, 9.17) is 11.6 Å². The highest BCUT2D eigenvalue weighted by molar-refractivity contribution is 6.58. The summed E-state index contributed by atoms with van der Waals surface area (Å²) in [5.41, 5.74) is 5.51. The van der Waals surface area contributed by atoms with E-state index in [0.717, 1.165) is 11.4 Å². The third kappa shape index (κ3) is 5.87. The second-order valence-electron chi connectivity index (χ2n) is 8.48. The van der Waals surface area contributed by atoms with Crippen LogP contribution >= 0.6 is 11.6 Å². The highest BCUT2D eigenvalue weighted by Gasteiger charge is 2.29. The second kappa shape index (κ2) is 11.2. The Kier molecular flexibility index (Phi) is 8.65. The monoisotopic (exact) mass is 412 g/mol. The molecule has 29 heavy (non-hydrogen) atoms. The number of hydrogen-bond acceptors (Lipinski definition) is 2. The van der Waals surface area contributed by atoms with Crippen LogP contribution in [-0.4, -0.2) is 17.2 Å². The summed E-state index contributed by atoms with van der Waals surface area (Å²) in [5, 5.41) is 20.0. The molecule has 1 unspecified atom stereocenters. The highest BCUT2D eigenvalue weighted by Crippen LogP contribution is 2.47. The quantitative estimate of drug-likeness (QED) is 0.311. The van der Waals surface area contributed by atoms with Crippen LogP contribution < -0.4 is 5.46 Å². The lowest BCUT2D eigenvalue weighted by Crippen LogP contribution is -2.30. The zero-order chi connectivity index (χ0) is 20.6. The molecule has 2 aromatic rings. The van der Waals surface area contributed by atoms with Gasteiger partial charge in [-0.3, -0.25) is 0 Å². The number of halogens is 1. The van der Waals surface area contributed by atoms with Gasteiger partial charge >= 0.3 is 7.12 Å². The van der Waals surface area contributed by atoms with Crippen molar-refractivity contribution in [2.24, 2.45) is 0 Å². The van der Waals surface area contributed by atoms with E-state index in [1.807, 2.05) is 24.3 Å². The van der Waals surface area contributed by atoms with Crippen molar-refractivity contribution in [3.8, 4) is 11.1 Å². The van der Waals surface area contributed by atoms with Crippen LogP contribution in [0.2, 0.25) is 5.02 Å². The van der Waals surface area contributed by atoms with Crippen molar-refractivity contribution in [3.63, 3.8) is 0 Å². The van der Waals surface area contributed by atoms with E-state index in [2.05, 4.69) is 19.1 Å². The Morgan fingerprint density at radius 1 is 0.759 bits per heavy atom. The van der Waals surface area contributed by atoms with Gasteiger partial charge in [-0.1, -0.05) is 107 Å². The Bertz CT molecular complexity index is 790. The van der Waals surface area contributed by atoms with E-state index in [-0.39, 0.29) is 0 Å². The average Bonchev–Trinajstić information content (AvgIpc) is 3.01. The van der Waals surface area contributed by atoms with Gasteiger partial charge in [0, 0.05) is 10.9 Å². The number of benzene rings is 2. The maximum atomic E-state index is 9.60. The summed E-state index contributed by atoms with van der Waals surface area (Å²) in [7, 11) is -1.43. The SMILES string of the molecule is CCCCCCCCCCCCC1c2cc(Cl)ccc2-c2ccc(B(O)O)cc21. The van der Waals surface area contributed by atoms with Crippen molar-refractivity contribution < 1.29 is 10.0 Å². The first-order chi connectivity index (χ1) is 14.1. The van der Waals surface area contributed by atoms with Crippen LogP contribution in [0.25, 0.3) is 11.1 Å². The third-order valence-corrected chi connectivity index (χ3v) is 6.51. The molecule has 0 radical (unpaired) electrons. The fourth-order valence-corrected chi connectivity index (χ4v) is 4.84. The number of fused-ring (bicyclic) bond motifs is 3. The zero-order valence-electron chi connectivity index (χ0n) is 17.7. The van der Waals surface area contributed by atoms with Gasteiger partial charge in [0.2, 0.25) is 0 Å². The molecule has 2 N–H and O–H groups in total. The minimum Gasteiger partial charge on any atom is -0.423 e. The highest BCUT2D eigenvalue weighted by atomic mass is 35.5. The molecule has 0 spiro atoms. The van der Waals surface area contributed by atoms with Crippen LogP contribution in [0.15, 0.2) is 36.4 Å².